The first-order valence-corrected chi connectivity index (χ1v) is 6.42. The SMILES string of the molecule is COc1c(C)cc(NCC2CNCCO2)cc1C. The number of aryl methyl sites for hydroxylation is 2. The summed E-state index contributed by atoms with van der Waals surface area (Å²) in [5.41, 5.74) is 3.44. The summed E-state index contributed by atoms with van der Waals surface area (Å²) < 4.78 is 11.0. The molecule has 0 radical (unpaired) electrons. The largest absolute Gasteiger partial charge is 0.496 e. The maximum absolute atomic E-state index is 5.66. The van der Waals surface area contributed by atoms with E-state index in [9.17, 15) is 0 Å². The number of hydrogen-bond donors (Lipinski definition) is 2. The fourth-order valence-electron chi connectivity index (χ4n) is 2.36. The van der Waals surface area contributed by atoms with E-state index in [-0.39, 0.29) is 6.10 Å². The van der Waals surface area contributed by atoms with Gasteiger partial charge in [0, 0.05) is 25.3 Å². The highest BCUT2D eigenvalue weighted by Crippen LogP contribution is 2.26. The van der Waals surface area contributed by atoms with Crippen molar-refractivity contribution < 1.29 is 9.47 Å². The van der Waals surface area contributed by atoms with E-state index in [2.05, 4.69) is 36.6 Å². The van der Waals surface area contributed by atoms with Crippen molar-refractivity contribution in [2.75, 3.05) is 38.7 Å². The molecule has 1 atom stereocenters. The highest BCUT2D eigenvalue weighted by Gasteiger charge is 2.13. The van der Waals surface area contributed by atoms with Crippen LogP contribution in [0.5, 0.6) is 5.75 Å². The van der Waals surface area contributed by atoms with E-state index >= 15 is 0 Å². The van der Waals surface area contributed by atoms with Crippen LogP contribution in [0.1, 0.15) is 11.1 Å². The first-order valence-electron chi connectivity index (χ1n) is 6.42. The van der Waals surface area contributed by atoms with Gasteiger partial charge in [-0.3, -0.25) is 0 Å². The molecule has 4 heteroatoms. The zero-order valence-corrected chi connectivity index (χ0v) is 11.4. The number of ether oxygens (including phenoxy) is 2. The van der Waals surface area contributed by atoms with Crippen LogP contribution in [0, 0.1) is 13.8 Å². The highest BCUT2D eigenvalue weighted by molar-refractivity contribution is 5.55. The van der Waals surface area contributed by atoms with Crippen molar-refractivity contribution in [1.82, 2.24) is 5.32 Å². The van der Waals surface area contributed by atoms with Crippen LogP contribution in [-0.2, 0) is 4.74 Å². The molecule has 100 valence electrons. The van der Waals surface area contributed by atoms with Gasteiger partial charge in [0.15, 0.2) is 0 Å². The Morgan fingerprint density at radius 3 is 2.67 bits per heavy atom. The van der Waals surface area contributed by atoms with E-state index in [0.717, 1.165) is 48.8 Å². The predicted octanol–water partition coefficient (Wildman–Crippen LogP) is 1.71. The fourth-order valence-corrected chi connectivity index (χ4v) is 2.36. The van der Waals surface area contributed by atoms with Crippen LogP contribution in [-0.4, -0.2) is 39.5 Å². The molecule has 0 aliphatic carbocycles. The van der Waals surface area contributed by atoms with Gasteiger partial charge < -0.3 is 20.1 Å². The summed E-state index contributed by atoms with van der Waals surface area (Å²) in [4.78, 5) is 0. The minimum atomic E-state index is 0.251. The molecule has 0 spiro atoms. The van der Waals surface area contributed by atoms with Crippen molar-refractivity contribution in [3.63, 3.8) is 0 Å². The summed E-state index contributed by atoms with van der Waals surface area (Å²) in [6.07, 6.45) is 0.251. The summed E-state index contributed by atoms with van der Waals surface area (Å²) in [6, 6.07) is 4.23. The second kappa shape index (κ2) is 6.07. The first-order chi connectivity index (χ1) is 8.70. The molecular formula is C14H22N2O2. The first kappa shape index (κ1) is 13.2. The second-order valence-corrected chi connectivity index (χ2v) is 4.72. The van der Waals surface area contributed by atoms with Crippen LogP contribution < -0.4 is 15.4 Å². The average Bonchev–Trinajstić information content (AvgIpc) is 2.37. The number of benzene rings is 1. The van der Waals surface area contributed by atoms with Gasteiger partial charge in [0.05, 0.1) is 19.8 Å². The summed E-state index contributed by atoms with van der Waals surface area (Å²) in [5, 5.41) is 6.75. The number of anilines is 1. The quantitative estimate of drug-likeness (QED) is 0.854. The van der Waals surface area contributed by atoms with Crippen molar-refractivity contribution in [3.8, 4) is 5.75 Å². The Morgan fingerprint density at radius 2 is 2.11 bits per heavy atom. The third-order valence-electron chi connectivity index (χ3n) is 3.20. The Hall–Kier alpha value is -1.26. The van der Waals surface area contributed by atoms with E-state index in [0.29, 0.717) is 0 Å². The van der Waals surface area contributed by atoms with Crippen molar-refractivity contribution in [2.45, 2.75) is 20.0 Å². The van der Waals surface area contributed by atoms with E-state index in [1.165, 1.54) is 0 Å². The van der Waals surface area contributed by atoms with Gasteiger partial charge in [-0.15, -0.1) is 0 Å². The van der Waals surface area contributed by atoms with Crippen LogP contribution in [0.2, 0.25) is 0 Å². The van der Waals surface area contributed by atoms with Crippen LogP contribution >= 0.6 is 0 Å². The number of hydrogen-bond acceptors (Lipinski definition) is 4. The van der Waals surface area contributed by atoms with E-state index in [4.69, 9.17) is 9.47 Å². The van der Waals surface area contributed by atoms with E-state index in [1.54, 1.807) is 7.11 Å². The molecule has 2 N–H and O–H groups in total. The monoisotopic (exact) mass is 250 g/mol. The van der Waals surface area contributed by atoms with Crippen LogP contribution in [0.3, 0.4) is 0 Å². The van der Waals surface area contributed by atoms with Crippen molar-refractivity contribution in [2.24, 2.45) is 0 Å². The van der Waals surface area contributed by atoms with Crippen molar-refractivity contribution in [3.05, 3.63) is 23.3 Å². The Morgan fingerprint density at radius 1 is 1.39 bits per heavy atom. The molecule has 0 bridgehead atoms. The minimum Gasteiger partial charge on any atom is -0.496 e. The van der Waals surface area contributed by atoms with Gasteiger partial charge in [-0.25, -0.2) is 0 Å². The molecule has 1 unspecified atom stereocenters. The highest BCUT2D eigenvalue weighted by atomic mass is 16.5. The normalized spacial score (nSPS) is 19.6. The lowest BCUT2D eigenvalue weighted by molar-refractivity contribution is 0.0372. The molecule has 1 aromatic rings. The van der Waals surface area contributed by atoms with E-state index < -0.39 is 0 Å². The van der Waals surface area contributed by atoms with Gasteiger partial charge >= 0.3 is 0 Å². The Kier molecular flexibility index (Phi) is 4.44. The van der Waals surface area contributed by atoms with Crippen LogP contribution in [0.15, 0.2) is 12.1 Å². The zero-order valence-electron chi connectivity index (χ0n) is 11.4. The molecule has 1 saturated heterocycles. The molecule has 2 rings (SSSR count). The Balaban J connectivity index is 1.96. The average molecular weight is 250 g/mol. The third-order valence-corrected chi connectivity index (χ3v) is 3.20. The Labute approximate surface area is 109 Å². The lowest BCUT2D eigenvalue weighted by Gasteiger charge is -2.24. The van der Waals surface area contributed by atoms with Crippen molar-refractivity contribution >= 4 is 5.69 Å². The molecule has 1 aliphatic rings. The number of rotatable bonds is 4. The molecule has 18 heavy (non-hydrogen) atoms. The molecule has 1 fully saturated rings. The Bertz CT molecular complexity index is 378. The summed E-state index contributed by atoms with van der Waals surface area (Å²) >= 11 is 0. The van der Waals surface area contributed by atoms with Gasteiger partial charge in [0.25, 0.3) is 0 Å². The van der Waals surface area contributed by atoms with Gasteiger partial charge in [-0.1, -0.05) is 0 Å². The van der Waals surface area contributed by atoms with Gasteiger partial charge in [-0.2, -0.15) is 0 Å². The smallest absolute Gasteiger partial charge is 0.124 e. The fraction of sp³-hybridized carbons (Fsp3) is 0.571. The molecule has 4 nitrogen and oxygen atoms in total. The molecule has 1 heterocycles. The molecule has 0 amide bonds. The molecule has 1 aromatic carbocycles. The number of methoxy groups -OCH3 is 1. The van der Waals surface area contributed by atoms with Crippen LogP contribution in [0.25, 0.3) is 0 Å². The van der Waals surface area contributed by atoms with Crippen molar-refractivity contribution in [1.29, 1.82) is 0 Å². The maximum atomic E-state index is 5.66. The van der Waals surface area contributed by atoms with Crippen LogP contribution in [0.4, 0.5) is 5.69 Å². The van der Waals surface area contributed by atoms with Gasteiger partial charge in [0.2, 0.25) is 0 Å². The standard InChI is InChI=1S/C14H22N2O2/c1-10-6-12(7-11(2)14(10)17-3)16-9-13-8-15-4-5-18-13/h6-7,13,15-16H,4-5,8-9H2,1-3H3. The molecule has 1 aliphatic heterocycles. The predicted molar refractivity (Wildman–Crippen MR) is 73.6 cm³/mol. The number of morpholine rings is 1. The summed E-state index contributed by atoms with van der Waals surface area (Å²) in [5.74, 6) is 0.969. The topological polar surface area (TPSA) is 42.5 Å². The third kappa shape index (κ3) is 3.15. The molecule has 0 saturated carbocycles. The van der Waals surface area contributed by atoms with Gasteiger partial charge in [0.1, 0.15) is 5.75 Å². The lowest BCUT2D eigenvalue weighted by atomic mass is 10.1. The second-order valence-electron chi connectivity index (χ2n) is 4.72. The van der Waals surface area contributed by atoms with E-state index in [1.807, 2.05) is 0 Å². The summed E-state index contributed by atoms with van der Waals surface area (Å²) in [6.45, 7) is 7.63. The molecule has 0 aromatic heterocycles. The van der Waals surface area contributed by atoms with Gasteiger partial charge in [-0.05, 0) is 37.1 Å². The lowest BCUT2D eigenvalue weighted by Crippen LogP contribution is -2.42. The summed E-state index contributed by atoms with van der Waals surface area (Å²) in [7, 11) is 1.71. The molecular weight excluding hydrogens is 228 g/mol. The minimum absolute atomic E-state index is 0.251. The number of nitrogens with one attached hydrogen (secondary N) is 2. The maximum Gasteiger partial charge on any atom is 0.124 e. The zero-order chi connectivity index (χ0) is 13.0.